The SMILES string of the molecule is CC(C)(C)c1cc(F)c2c(=O)n(-c3cccc4c3CC(O[Si](C)(C)C(C)(C)C)Cc3[nH]c(=O)ccc3-4)ncc2c1. The molecular weight excluding hydrogens is 521 g/mol. The summed E-state index contributed by atoms with van der Waals surface area (Å²) < 4.78 is 23.6. The molecular formula is C32H38FN3O3Si. The Morgan fingerprint density at radius 1 is 1.00 bits per heavy atom. The van der Waals surface area contributed by atoms with Crippen molar-refractivity contribution in [2.24, 2.45) is 0 Å². The third-order valence-electron chi connectivity index (χ3n) is 8.51. The largest absolute Gasteiger partial charge is 0.413 e. The average molecular weight is 560 g/mol. The van der Waals surface area contributed by atoms with E-state index in [1.54, 1.807) is 6.20 Å². The van der Waals surface area contributed by atoms with Gasteiger partial charge in [0.1, 0.15) is 5.82 Å². The minimum absolute atomic E-state index is 0.00511. The number of H-pyrrole nitrogens is 1. The molecule has 0 saturated carbocycles. The summed E-state index contributed by atoms with van der Waals surface area (Å²) in [5.74, 6) is -0.548. The first-order valence-electron chi connectivity index (χ1n) is 13.8. The van der Waals surface area contributed by atoms with Crippen molar-refractivity contribution >= 4 is 19.1 Å². The summed E-state index contributed by atoms with van der Waals surface area (Å²) in [6.07, 6.45) is 2.41. The molecule has 1 unspecified atom stereocenters. The van der Waals surface area contributed by atoms with Crippen LogP contribution in [0.15, 0.2) is 58.3 Å². The summed E-state index contributed by atoms with van der Waals surface area (Å²) in [6.45, 7) is 17.0. The number of fused-ring (bicyclic) bond motifs is 4. The predicted octanol–water partition coefficient (Wildman–Crippen LogP) is 6.67. The number of benzene rings is 2. The first kappa shape index (κ1) is 28.2. The van der Waals surface area contributed by atoms with E-state index < -0.39 is 19.7 Å². The van der Waals surface area contributed by atoms with Crippen LogP contribution in [0.1, 0.15) is 58.4 Å². The number of rotatable bonds is 3. The van der Waals surface area contributed by atoms with Gasteiger partial charge < -0.3 is 9.41 Å². The highest BCUT2D eigenvalue weighted by Crippen LogP contribution is 2.40. The third kappa shape index (κ3) is 4.99. The zero-order valence-corrected chi connectivity index (χ0v) is 25.6. The number of aromatic nitrogens is 3. The van der Waals surface area contributed by atoms with Crippen LogP contribution in [0.25, 0.3) is 27.6 Å². The third-order valence-corrected chi connectivity index (χ3v) is 13.0. The lowest BCUT2D eigenvalue weighted by Gasteiger charge is -2.39. The summed E-state index contributed by atoms with van der Waals surface area (Å²) in [5, 5.41) is 5.03. The summed E-state index contributed by atoms with van der Waals surface area (Å²) >= 11 is 0. The van der Waals surface area contributed by atoms with Gasteiger partial charge in [-0.25, -0.2) is 4.39 Å². The monoisotopic (exact) mass is 559 g/mol. The van der Waals surface area contributed by atoms with Crippen LogP contribution in [-0.4, -0.2) is 29.2 Å². The summed E-state index contributed by atoms with van der Waals surface area (Å²) in [6, 6.07) is 12.4. The fourth-order valence-electron chi connectivity index (χ4n) is 5.21. The number of nitrogens with one attached hydrogen (secondary N) is 1. The Morgan fingerprint density at radius 3 is 2.40 bits per heavy atom. The highest BCUT2D eigenvalue weighted by atomic mass is 28.4. The Balaban J connectivity index is 1.72. The van der Waals surface area contributed by atoms with Crippen molar-refractivity contribution in [1.29, 1.82) is 0 Å². The van der Waals surface area contributed by atoms with E-state index in [-0.39, 0.29) is 27.5 Å². The van der Waals surface area contributed by atoms with Gasteiger partial charge >= 0.3 is 0 Å². The van der Waals surface area contributed by atoms with Crippen molar-refractivity contribution in [1.82, 2.24) is 14.8 Å². The van der Waals surface area contributed by atoms with Crippen LogP contribution in [0.2, 0.25) is 18.1 Å². The van der Waals surface area contributed by atoms with Crippen molar-refractivity contribution in [3.63, 3.8) is 0 Å². The number of hydrogen-bond donors (Lipinski definition) is 1. The Morgan fingerprint density at radius 2 is 1.73 bits per heavy atom. The fraction of sp³-hybridized carbons (Fsp3) is 0.406. The summed E-state index contributed by atoms with van der Waals surface area (Å²) in [7, 11) is -2.17. The molecule has 6 nitrogen and oxygen atoms in total. The molecule has 2 aromatic heterocycles. The molecule has 2 aromatic carbocycles. The molecule has 0 saturated heterocycles. The van der Waals surface area contributed by atoms with Gasteiger partial charge in [-0.15, -0.1) is 0 Å². The normalized spacial score (nSPS) is 16.0. The van der Waals surface area contributed by atoms with Crippen LogP contribution >= 0.6 is 0 Å². The molecule has 210 valence electrons. The maximum atomic E-state index is 15.4. The number of aromatic amines is 1. The first-order valence-corrected chi connectivity index (χ1v) is 16.7. The van der Waals surface area contributed by atoms with Crippen molar-refractivity contribution in [2.45, 2.75) is 84.0 Å². The van der Waals surface area contributed by atoms with Crippen LogP contribution in [0, 0.1) is 5.82 Å². The van der Waals surface area contributed by atoms with E-state index in [1.165, 1.54) is 16.8 Å². The molecule has 0 aliphatic heterocycles. The van der Waals surface area contributed by atoms with E-state index in [4.69, 9.17) is 4.43 Å². The minimum atomic E-state index is -2.17. The second kappa shape index (κ2) is 9.63. The molecule has 8 heteroatoms. The van der Waals surface area contributed by atoms with Crippen LogP contribution in [-0.2, 0) is 22.7 Å². The lowest BCUT2D eigenvalue weighted by Crippen LogP contribution is -2.45. The van der Waals surface area contributed by atoms with Gasteiger partial charge in [0.2, 0.25) is 5.56 Å². The molecule has 1 N–H and O–H groups in total. The summed E-state index contributed by atoms with van der Waals surface area (Å²) in [5.41, 5.74) is 3.96. The van der Waals surface area contributed by atoms with Gasteiger partial charge in [0.05, 0.1) is 23.4 Å². The van der Waals surface area contributed by atoms with Gasteiger partial charge in [-0.1, -0.05) is 53.7 Å². The number of halogens is 1. The van der Waals surface area contributed by atoms with E-state index in [2.05, 4.69) is 43.9 Å². The molecule has 1 aliphatic carbocycles. The molecule has 40 heavy (non-hydrogen) atoms. The van der Waals surface area contributed by atoms with Gasteiger partial charge in [0, 0.05) is 35.6 Å². The van der Waals surface area contributed by atoms with Crippen LogP contribution < -0.4 is 11.1 Å². The lowest BCUT2D eigenvalue weighted by atomic mass is 9.86. The van der Waals surface area contributed by atoms with E-state index in [0.717, 1.165) is 27.9 Å². The van der Waals surface area contributed by atoms with Crippen LogP contribution in [0.4, 0.5) is 4.39 Å². The summed E-state index contributed by atoms with van der Waals surface area (Å²) in [4.78, 5) is 29.1. The molecule has 0 spiro atoms. The Labute approximate surface area is 235 Å². The maximum Gasteiger partial charge on any atom is 0.282 e. The van der Waals surface area contributed by atoms with Crippen molar-refractivity contribution < 1.29 is 8.82 Å². The Bertz CT molecular complexity index is 1740. The van der Waals surface area contributed by atoms with Crippen LogP contribution in [0.3, 0.4) is 0 Å². The number of hydrogen-bond acceptors (Lipinski definition) is 4. The predicted molar refractivity (Wildman–Crippen MR) is 162 cm³/mol. The highest BCUT2D eigenvalue weighted by Gasteiger charge is 2.40. The second-order valence-corrected chi connectivity index (χ2v) is 18.2. The maximum absolute atomic E-state index is 15.4. The van der Waals surface area contributed by atoms with Gasteiger partial charge in [0.15, 0.2) is 8.32 Å². The molecule has 5 rings (SSSR count). The van der Waals surface area contributed by atoms with Gasteiger partial charge in [-0.05, 0) is 64.5 Å². The van der Waals surface area contributed by atoms with E-state index in [0.29, 0.717) is 23.9 Å². The zero-order chi connectivity index (χ0) is 29.2. The van der Waals surface area contributed by atoms with Crippen LogP contribution in [0.5, 0.6) is 0 Å². The van der Waals surface area contributed by atoms with Crippen molar-refractivity contribution in [3.8, 4) is 16.8 Å². The lowest BCUT2D eigenvalue weighted by molar-refractivity contribution is 0.180. The number of nitrogens with zero attached hydrogens (tertiary/aromatic N) is 2. The second-order valence-electron chi connectivity index (χ2n) is 13.5. The number of pyridine rings is 1. The smallest absolute Gasteiger partial charge is 0.282 e. The topological polar surface area (TPSA) is 77.0 Å². The molecule has 1 atom stereocenters. The minimum Gasteiger partial charge on any atom is -0.413 e. The molecule has 0 bridgehead atoms. The van der Waals surface area contributed by atoms with Crippen molar-refractivity contribution in [3.05, 3.63) is 92.0 Å². The Hall–Kier alpha value is -3.36. The van der Waals surface area contributed by atoms with E-state index in [9.17, 15) is 9.59 Å². The molecule has 4 aromatic rings. The Kier molecular flexibility index (Phi) is 6.78. The first-order chi connectivity index (χ1) is 18.6. The fourth-order valence-corrected chi connectivity index (χ4v) is 6.57. The molecule has 0 amide bonds. The van der Waals surface area contributed by atoms with Crippen molar-refractivity contribution in [2.75, 3.05) is 0 Å². The zero-order valence-electron chi connectivity index (χ0n) is 24.6. The van der Waals surface area contributed by atoms with Gasteiger partial charge in [-0.2, -0.15) is 9.78 Å². The van der Waals surface area contributed by atoms with E-state index in [1.807, 2.05) is 51.1 Å². The standard InChI is InChI=1S/C32H38FN3O3Si/c1-31(2,3)20-14-19-18-34-36(30(38)29(19)25(33)15-20)27-11-9-10-22-23-12-13-28(37)35-26(23)17-21(16-24(22)27)39-40(7,8)32(4,5)6/h9-15,18,21H,16-17H2,1-8H3,(H,35,37). The molecule has 2 heterocycles. The average Bonchev–Trinajstić information content (AvgIpc) is 2.98. The highest BCUT2D eigenvalue weighted by molar-refractivity contribution is 6.74. The van der Waals surface area contributed by atoms with E-state index >= 15 is 4.39 Å². The quantitative estimate of drug-likeness (QED) is 0.285. The van der Waals surface area contributed by atoms with Gasteiger partial charge in [-0.3, -0.25) is 9.59 Å². The van der Waals surface area contributed by atoms with Gasteiger partial charge in [0.25, 0.3) is 5.56 Å². The molecule has 0 radical (unpaired) electrons. The molecule has 1 aliphatic rings. The molecule has 0 fully saturated rings.